The van der Waals surface area contributed by atoms with Crippen molar-refractivity contribution in [1.82, 2.24) is 9.97 Å². The second kappa shape index (κ2) is 4.99. The molecule has 1 aromatic heterocycles. The monoisotopic (exact) mass is 285 g/mol. The van der Waals surface area contributed by atoms with Crippen LogP contribution in [0.3, 0.4) is 0 Å². The minimum Gasteiger partial charge on any atom is -0.508 e. The van der Waals surface area contributed by atoms with Gasteiger partial charge in [0.05, 0.1) is 17.1 Å². The molecule has 0 aliphatic heterocycles. The van der Waals surface area contributed by atoms with E-state index in [4.69, 9.17) is 5.73 Å². The van der Waals surface area contributed by atoms with Gasteiger partial charge in [0.25, 0.3) is 0 Å². The Kier molecular flexibility index (Phi) is 3.15. The van der Waals surface area contributed by atoms with Gasteiger partial charge in [-0.2, -0.15) is 0 Å². The number of phenolic OH excluding ortho intramolecular Hbond substituents is 3. The van der Waals surface area contributed by atoms with Gasteiger partial charge in [0.2, 0.25) is 0 Å². The lowest BCUT2D eigenvalue weighted by molar-refractivity contribution is 0.403. The molecular formula is C15H15N3O3. The molecule has 0 spiro atoms. The molecule has 6 nitrogen and oxygen atoms in total. The van der Waals surface area contributed by atoms with Gasteiger partial charge in [-0.05, 0) is 36.2 Å². The zero-order valence-corrected chi connectivity index (χ0v) is 11.1. The van der Waals surface area contributed by atoms with Gasteiger partial charge in [-0.25, -0.2) is 4.98 Å². The first-order chi connectivity index (χ1) is 10.0. The van der Waals surface area contributed by atoms with Crippen LogP contribution in [-0.2, 0) is 6.42 Å². The van der Waals surface area contributed by atoms with Crippen LogP contribution in [0.1, 0.15) is 17.4 Å². The van der Waals surface area contributed by atoms with Gasteiger partial charge in [0.15, 0.2) is 11.5 Å². The topological polar surface area (TPSA) is 115 Å². The van der Waals surface area contributed by atoms with Crippen molar-refractivity contribution < 1.29 is 15.3 Å². The number of hydrogen-bond donors (Lipinski definition) is 5. The Labute approximate surface area is 120 Å². The maximum Gasteiger partial charge on any atom is 0.157 e. The predicted molar refractivity (Wildman–Crippen MR) is 78.2 cm³/mol. The van der Waals surface area contributed by atoms with Crippen molar-refractivity contribution >= 4 is 11.0 Å². The predicted octanol–water partition coefficient (Wildman–Crippen LogP) is 1.92. The van der Waals surface area contributed by atoms with Crippen molar-refractivity contribution in [3.05, 3.63) is 47.8 Å². The summed E-state index contributed by atoms with van der Waals surface area (Å²) in [6.45, 7) is 0. The van der Waals surface area contributed by atoms with Crippen LogP contribution in [0.15, 0.2) is 36.4 Å². The van der Waals surface area contributed by atoms with Crippen molar-refractivity contribution in [2.45, 2.75) is 12.5 Å². The van der Waals surface area contributed by atoms with E-state index in [-0.39, 0.29) is 23.3 Å². The SMILES string of the molecule is NC(Cc1ccc(O)c(O)c1)c1nc2ccc(O)cc2[nH]1. The number of nitrogens with two attached hydrogens (primary N) is 1. The van der Waals surface area contributed by atoms with Gasteiger partial charge < -0.3 is 26.0 Å². The highest BCUT2D eigenvalue weighted by molar-refractivity contribution is 5.76. The number of phenols is 3. The van der Waals surface area contributed by atoms with E-state index in [1.807, 2.05) is 0 Å². The molecule has 2 aromatic carbocycles. The van der Waals surface area contributed by atoms with Crippen molar-refractivity contribution in [2.24, 2.45) is 5.73 Å². The molecule has 0 saturated carbocycles. The molecule has 3 rings (SSSR count). The summed E-state index contributed by atoms with van der Waals surface area (Å²) in [5.74, 6) is 0.429. The third-order valence-corrected chi connectivity index (χ3v) is 3.33. The minimum atomic E-state index is -0.386. The Morgan fingerprint density at radius 2 is 1.86 bits per heavy atom. The van der Waals surface area contributed by atoms with Crippen LogP contribution in [0, 0.1) is 0 Å². The fraction of sp³-hybridized carbons (Fsp3) is 0.133. The number of nitrogens with one attached hydrogen (secondary N) is 1. The van der Waals surface area contributed by atoms with E-state index >= 15 is 0 Å². The normalized spacial score (nSPS) is 12.6. The first-order valence-corrected chi connectivity index (χ1v) is 6.48. The van der Waals surface area contributed by atoms with Crippen molar-refractivity contribution in [1.29, 1.82) is 0 Å². The zero-order chi connectivity index (χ0) is 15.0. The molecule has 0 amide bonds. The summed E-state index contributed by atoms with van der Waals surface area (Å²) in [5, 5.41) is 28.2. The van der Waals surface area contributed by atoms with Crippen LogP contribution >= 0.6 is 0 Å². The van der Waals surface area contributed by atoms with Gasteiger partial charge in [0.1, 0.15) is 11.6 Å². The fourth-order valence-corrected chi connectivity index (χ4v) is 2.24. The molecule has 1 heterocycles. The third-order valence-electron chi connectivity index (χ3n) is 3.33. The molecule has 1 atom stereocenters. The molecule has 108 valence electrons. The van der Waals surface area contributed by atoms with Crippen molar-refractivity contribution in [2.75, 3.05) is 0 Å². The second-order valence-corrected chi connectivity index (χ2v) is 4.96. The zero-order valence-electron chi connectivity index (χ0n) is 11.1. The second-order valence-electron chi connectivity index (χ2n) is 4.96. The van der Waals surface area contributed by atoms with Crippen LogP contribution < -0.4 is 5.73 Å². The van der Waals surface area contributed by atoms with E-state index in [2.05, 4.69) is 9.97 Å². The molecule has 0 radical (unpaired) electrons. The maximum absolute atomic E-state index is 9.49. The van der Waals surface area contributed by atoms with E-state index in [1.54, 1.807) is 24.3 Å². The highest BCUT2D eigenvalue weighted by atomic mass is 16.3. The molecule has 6 heteroatoms. The molecule has 0 aliphatic carbocycles. The highest BCUT2D eigenvalue weighted by Crippen LogP contribution is 2.27. The number of H-pyrrole nitrogens is 1. The number of hydrogen-bond acceptors (Lipinski definition) is 5. The molecule has 0 aliphatic rings. The molecule has 6 N–H and O–H groups in total. The number of benzene rings is 2. The summed E-state index contributed by atoms with van der Waals surface area (Å²) in [6, 6.07) is 9.08. The highest BCUT2D eigenvalue weighted by Gasteiger charge is 2.13. The number of aromatic amines is 1. The van der Waals surface area contributed by atoms with Gasteiger partial charge in [0, 0.05) is 6.07 Å². The van der Waals surface area contributed by atoms with Gasteiger partial charge in [-0.15, -0.1) is 0 Å². The standard InChI is InChI=1S/C15H15N3O3/c16-10(5-8-1-4-13(20)14(21)6-8)15-17-11-3-2-9(19)7-12(11)18-15/h1-4,6-7,10,19-21H,5,16H2,(H,17,18). The van der Waals surface area contributed by atoms with Crippen LogP contribution in [0.5, 0.6) is 17.2 Å². The van der Waals surface area contributed by atoms with Crippen LogP contribution in [0.4, 0.5) is 0 Å². The van der Waals surface area contributed by atoms with E-state index < -0.39 is 0 Å². The molecule has 1 unspecified atom stereocenters. The van der Waals surface area contributed by atoms with Gasteiger partial charge in [-0.1, -0.05) is 6.07 Å². The number of rotatable bonds is 3. The Morgan fingerprint density at radius 3 is 2.62 bits per heavy atom. The van der Waals surface area contributed by atoms with Gasteiger partial charge >= 0.3 is 0 Å². The Morgan fingerprint density at radius 1 is 1.05 bits per heavy atom. The van der Waals surface area contributed by atoms with Crippen molar-refractivity contribution in [3.8, 4) is 17.2 Å². The summed E-state index contributed by atoms with van der Waals surface area (Å²) in [4.78, 5) is 7.46. The summed E-state index contributed by atoms with van der Waals surface area (Å²) < 4.78 is 0. The summed E-state index contributed by atoms with van der Waals surface area (Å²) in [5.41, 5.74) is 8.35. The van der Waals surface area contributed by atoms with Crippen LogP contribution in [-0.4, -0.2) is 25.3 Å². The van der Waals surface area contributed by atoms with E-state index in [1.165, 1.54) is 12.1 Å². The summed E-state index contributed by atoms with van der Waals surface area (Å²) in [7, 11) is 0. The first-order valence-electron chi connectivity index (χ1n) is 6.48. The van der Waals surface area contributed by atoms with E-state index in [0.29, 0.717) is 17.8 Å². The molecule has 0 fully saturated rings. The van der Waals surface area contributed by atoms with Crippen LogP contribution in [0.2, 0.25) is 0 Å². The smallest absolute Gasteiger partial charge is 0.157 e. The Balaban J connectivity index is 1.85. The quantitative estimate of drug-likeness (QED) is 0.471. The number of imidazole rings is 1. The third kappa shape index (κ3) is 2.61. The lowest BCUT2D eigenvalue weighted by Crippen LogP contribution is -2.14. The van der Waals surface area contributed by atoms with Gasteiger partial charge in [-0.3, -0.25) is 0 Å². The lowest BCUT2D eigenvalue weighted by atomic mass is 10.1. The maximum atomic E-state index is 9.49. The van der Waals surface area contributed by atoms with Crippen molar-refractivity contribution in [3.63, 3.8) is 0 Å². The van der Waals surface area contributed by atoms with E-state index in [9.17, 15) is 15.3 Å². The molecule has 0 saturated heterocycles. The summed E-state index contributed by atoms with van der Waals surface area (Å²) in [6.07, 6.45) is 0.458. The fourth-order valence-electron chi connectivity index (χ4n) is 2.24. The van der Waals surface area contributed by atoms with Crippen LogP contribution in [0.25, 0.3) is 11.0 Å². The Bertz CT molecular complexity index is 798. The molecular weight excluding hydrogens is 270 g/mol. The molecule has 3 aromatic rings. The first kappa shape index (κ1) is 13.3. The largest absolute Gasteiger partial charge is 0.508 e. The van der Waals surface area contributed by atoms with E-state index in [0.717, 1.165) is 11.1 Å². The average molecular weight is 285 g/mol. The number of nitrogens with zero attached hydrogens (tertiary/aromatic N) is 1. The summed E-state index contributed by atoms with van der Waals surface area (Å²) >= 11 is 0. The number of fused-ring (bicyclic) bond motifs is 1. The minimum absolute atomic E-state index is 0.161. The average Bonchev–Trinajstić information content (AvgIpc) is 2.86. The Hall–Kier alpha value is -2.73. The molecule has 21 heavy (non-hydrogen) atoms. The number of aromatic hydroxyl groups is 3. The molecule has 0 bridgehead atoms. The number of aromatic nitrogens is 2. The lowest BCUT2D eigenvalue weighted by Gasteiger charge is -2.09.